The Labute approximate surface area is 122 Å². The van der Waals surface area contributed by atoms with Crippen LogP contribution in [-0.2, 0) is 6.54 Å². The summed E-state index contributed by atoms with van der Waals surface area (Å²) in [6, 6.07) is 0. The van der Waals surface area contributed by atoms with Crippen LogP contribution in [0.4, 0.5) is 0 Å². The number of thiazole rings is 1. The Hall–Kier alpha value is -0.410. The largest absolute Gasteiger partial charge is 0.312 e. The second kappa shape index (κ2) is 7.39. The summed E-state index contributed by atoms with van der Waals surface area (Å²) in [6.45, 7) is 8.90. The molecule has 1 saturated carbocycles. The average molecular weight is 280 g/mol. The number of aromatic nitrogens is 1. The van der Waals surface area contributed by atoms with Gasteiger partial charge in [0, 0.05) is 23.5 Å². The minimum absolute atomic E-state index is 0.719. The highest BCUT2D eigenvalue weighted by Crippen LogP contribution is 2.38. The van der Waals surface area contributed by atoms with Gasteiger partial charge in [-0.05, 0) is 44.1 Å². The Balaban J connectivity index is 1.80. The van der Waals surface area contributed by atoms with Crippen LogP contribution in [0, 0.1) is 11.8 Å². The van der Waals surface area contributed by atoms with Crippen molar-refractivity contribution in [3.05, 3.63) is 16.1 Å². The van der Waals surface area contributed by atoms with Crippen LogP contribution in [0.3, 0.4) is 0 Å². The van der Waals surface area contributed by atoms with Gasteiger partial charge in [-0.25, -0.2) is 4.98 Å². The normalized spacial score (nSPS) is 24.0. The molecule has 0 bridgehead atoms. The van der Waals surface area contributed by atoms with Crippen molar-refractivity contribution < 1.29 is 0 Å². The van der Waals surface area contributed by atoms with Gasteiger partial charge in [-0.15, -0.1) is 11.3 Å². The molecular weight excluding hydrogens is 252 g/mol. The SMILES string of the molecule is CCC1CCC(c2ncc(CNCC(C)C)s2)CC1. The van der Waals surface area contributed by atoms with Crippen LogP contribution in [0.15, 0.2) is 6.20 Å². The highest BCUT2D eigenvalue weighted by molar-refractivity contribution is 7.11. The van der Waals surface area contributed by atoms with Crippen molar-refractivity contribution in [3.63, 3.8) is 0 Å². The van der Waals surface area contributed by atoms with E-state index in [4.69, 9.17) is 0 Å². The maximum absolute atomic E-state index is 4.67. The molecule has 0 unspecified atom stereocenters. The van der Waals surface area contributed by atoms with E-state index in [-0.39, 0.29) is 0 Å². The van der Waals surface area contributed by atoms with Gasteiger partial charge in [0.1, 0.15) is 0 Å². The number of hydrogen-bond donors (Lipinski definition) is 1. The van der Waals surface area contributed by atoms with E-state index in [0.717, 1.165) is 30.8 Å². The van der Waals surface area contributed by atoms with E-state index in [1.807, 2.05) is 11.3 Å². The van der Waals surface area contributed by atoms with Crippen LogP contribution in [0.25, 0.3) is 0 Å². The Morgan fingerprint density at radius 3 is 2.68 bits per heavy atom. The predicted octanol–water partition coefficient (Wildman–Crippen LogP) is 4.57. The van der Waals surface area contributed by atoms with Crippen LogP contribution in [-0.4, -0.2) is 11.5 Å². The molecule has 0 aromatic carbocycles. The molecule has 2 nitrogen and oxygen atoms in total. The summed E-state index contributed by atoms with van der Waals surface area (Å²) in [5.74, 6) is 2.44. The van der Waals surface area contributed by atoms with Crippen LogP contribution >= 0.6 is 11.3 Å². The summed E-state index contributed by atoms with van der Waals surface area (Å²) in [5.41, 5.74) is 0. The second-order valence-electron chi connectivity index (χ2n) is 6.32. The maximum Gasteiger partial charge on any atom is 0.0959 e. The fourth-order valence-corrected chi connectivity index (χ4v) is 3.95. The molecule has 0 amide bonds. The van der Waals surface area contributed by atoms with E-state index in [0.29, 0.717) is 0 Å². The van der Waals surface area contributed by atoms with E-state index in [1.54, 1.807) is 0 Å². The highest BCUT2D eigenvalue weighted by atomic mass is 32.1. The second-order valence-corrected chi connectivity index (χ2v) is 7.46. The van der Waals surface area contributed by atoms with Crippen LogP contribution in [0.5, 0.6) is 0 Å². The lowest BCUT2D eigenvalue weighted by molar-refractivity contribution is 0.318. The third-order valence-corrected chi connectivity index (χ3v) is 5.36. The molecule has 108 valence electrons. The molecule has 1 aliphatic rings. The van der Waals surface area contributed by atoms with Gasteiger partial charge < -0.3 is 5.32 Å². The summed E-state index contributed by atoms with van der Waals surface area (Å²) < 4.78 is 0. The van der Waals surface area contributed by atoms with Crippen molar-refractivity contribution in [3.8, 4) is 0 Å². The van der Waals surface area contributed by atoms with Gasteiger partial charge in [0.25, 0.3) is 0 Å². The quantitative estimate of drug-likeness (QED) is 0.825. The van der Waals surface area contributed by atoms with Crippen molar-refractivity contribution in [2.75, 3.05) is 6.54 Å². The monoisotopic (exact) mass is 280 g/mol. The molecule has 0 atom stereocenters. The fourth-order valence-electron chi connectivity index (χ4n) is 2.89. The van der Waals surface area contributed by atoms with Crippen LogP contribution in [0.1, 0.15) is 68.7 Å². The topological polar surface area (TPSA) is 24.9 Å². The Morgan fingerprint density at radius 2 is 2.05 bits per heavy atom. The molecule has 1 fully saturated rings. The summed E-state index contributed by atoms with van der Waals surface area (Å²) >= 11 is 1.93. The average Bonchev–Trinajstić information content (AvgIpc) is 2.87. The molecule has 3 heteroatoms. The standard InChI is InChI=1S/C16H28N2S/c1-4-13-5-7-14(8-6-13)16-18-11-15(19-16)10-17-9-12(2)3/h11-14,17H,4-10H2,1-3H3. The molecule has 0 spiro atoms. The molecule has 1 aromatic heterocycles. The maximum atomic E-state index is 4.67. The Kier molecular flexibility index (Phi) is 5.83. The molecule has 1 aromatic rings. The van der Waals surface area contributed by atoms with Gasteiger partial charge in [-0.1, -0.05) is 27.2 Å². The van der Waals surface area contributed by atoms with Crippen molar-refractivity contribution >= 4 is 11.3 Å². The number of nitrogens with one attached hydrogen (secondary N) is 1. The third kappa shape index (κ3) is 4.57. The molecule has 1 heterocycles. The van der Waals surface area contributed by atoms with E-state index < -0.39 is 0 Å². The Bertz CT molecular complexity index is 365. The predicted molar refractivity (Wildman–Crippen MR) is 83.6 cm³/mol. The zero-order valence-corrected chi connectivity index (χ0v) is 13.4. The van der Waals surface area contributed by atoms with Crippen LogP contribution in [0.2, 0.25) is 0 Å². The number of nitrogens with zero attached hydrogens (tertiary/aromatic N) is 1. The highest BCUT2D eigenvalue weighted by Gasteiger charge is 2.23. The molecule has 1 aliphatic carbocycles. The summed E-state index contributed by atoms with van der Waals surface area (Å²) in [6.07, 6.45) is 8.95. The van der Waals surface area contributed by atoms with Gasteiger partial charge in [0.2, 0.25) is 0 Å². The number of hydrogen-bond acceptors (Lipinski definition) is 3. The van der Waals surface area contributed by atoms with E-state index in [1.165, 1.54) is 42.0 Å². The van der Waals surface area contributed by atoms with Gasteiger partial charge in [0.15, 0.2) is 0 Å². The van der Waals surface area contributed by atoms with Crippen LogP contribution < -0.4 is 5.32 Å². The molecule has 1 N–H and O–H groups in total. The fraction of sp³-hybridized carbons (Fsp3) is 0.812. The lowest BCUT2D eigenvalue weighted by atomic mass is 9.81. The van der Waals surface area contributed by atoms with Crippen molar-refractivity contribution in [2.45, 2.75) is 65.3 Å². The smallest absolute Gasteiger partial charge is 0.0959 e. The summed E-state index contributed by atoms with van der Waals surface area (Å²) in [4.78, 5) is 6.06. The number of rotatable bonds is 6. The van der Waals surface area contributed by atoms with Crippen molar-refractivity contribution in [1.82, 2.24) is 10.3 Å². The first-order chi connectivity index (χ1) is 9.19. The molecule has 0 radical (unpaired) electrons. The van der Waals surface area contributed by atoms with Gasteiger partial charge >= 0.3 is 0 Å². The zero-order chi connectivity index (χ0) is 13.7. The first-order valence-corrected chi connectivity index (χ1v) is 8.66. The lowest BCUT2D eigenvalue weighted by Gasteiger charge is -2.26. The first kappa shape index (κ1) is 15.0. The van der Waals surface area contributed by atoms with Gasteiger partial charge in [-0.2, -0.15) is 0 Å². The lowest BCUT2D eigenvalue weighted by Crippen LogP contribution is -2.18. The summed E-state index contributed by atoms with van der Waals surface area (Å²) in [5, 5.41) is 4.89. The molecule has 19 heavy (non-hydrogen) atoms. The molecular formula is C16H28N2S. The summed E-state index contributed by atoms with van der Waals surface area (Å²) in [7, 11) is 0. The minimum atomic E-state index is 0.719. The van der Waals surface area contributed by atoms with E-state index in [9.17, 15) is 0 Å². The van der Waals surface area contributed by atoms with Gasteiger partial charge in [-0.3, -0.25) is 0 Å². The third-order valence-electron chi connectivity index (χ3n) is 4.20. The van der Waals surface area contributed by atoms with E-state index >= 15 is 0 Å². The van der Waals surface area contributed by atoms with Crippen molar-refractivity contribution in [1.29, 1.82) is 0 Å². The molecule has 0 saturated heterocycles. The molecule has 0 aliphatic heterocycles. The van der Waals surface area contributed by atoms with Crippen molar-refractivity contribution in [2.24, 2.45) is 11.8 Å². The Morgan fingerprint density at radius 1 is 1.32 bits per heavy atom. The zero-order valence-electron chi connectivity index (χ0n) is 12.6. The first-order valence-electron chi connectivity index (χ1n) is 7.84. The van der Waals surface area contributed by atoms with Gasteiger partial charge in [0.05, 0.1) is 5.01 Å². The molecule has 2 rings (SSSR count). The van der Waals surface area contributed by atoms with E-state index in [2.05, 4.69) is 37.3 Å². The minimum Gasteiger partial charge on any atom is -0.312 e.